The van der Waals surface area contributed by atoms with Crippen molar-refractivity contribution in [2.75, 3.05) is 5.32 Å². The Bertz CT molecular complexity index is 1230. The molecule has 5 heteroatoms. The molecule has 0 radical (unpaired) electrons. The molecular weight excluding hydrogens is 400 g/mol. The van der Waals surface area contributed by atoms with Gasteiger partial charge >= 0.3 is 5.97 Å². The van der Waals surface area contributed by atoms with Crippen LogP contribution in [-0.2, 0) is 11.2 Å². The van der Waals surface area contributed by atoms with Gasteiger partial charge in [0.05, 0.1) is 16.8 Å². The van der Waals surface area contributed by atoms with Crippen LogP contribution in [0.2, 0.25) is 0 Å². The van der Waals surface area contributed by atoms with E-state index in [0.29, 0.717) is 28.8 Å². The number of pyridine rings is 1. The molecule has 4 rings (SSSR count). The van der Waals surface area contributed by atoms with Crippen LogP contribution in [0.25, 0.3) is 22.6 Å². The van der Waals surface area contributed by atoms with E-state index in [4.69, 9.17) is 4.98 Å². The molecule has 32 heavy (non-hydrogen) atoms. The maximum absolute atomic E-state index is 12.4. The number of carbonyl (C=O) groups is 2. The Hall–Kier alpha value is -3.47. The minimum absolute atomic E-state index is 0.0213. The molecule has 1 unspecified atom stereocenters. The summed E-state index contributed by atoms with van der Waals surface area (Å²) in [5.74, 6) is -0.725. The summed E-state index contributed by atoms with van der Waals surface area (Å²) in [7, 11) is 0. The fraction of sp³-hybridized carbons (Fsp3) is 0.296. The van der Waals surface area contributed by atoms with Gasteiger partial charge in [0.2, 0.25) is 5.91 Å². The van der Waals surface area contributed by atoms with Gasteiger partial charge in [-0.1, -0.05) is 51.1 Å². The predicted molar refractivity (Wildman–Crippen MR) is 129 cm³/mol. The van der Waals surface area contributed by atoms with E-state index in [9.17, 15) is 14.7 Å². The summed E-state index contributed by atoms with van der Waals surface area (Å²) < 4.78 is 0. The lowest BCUT2D eigenvalue weighted by Gasteiger charge is -2.36. The predicted octanol–water partition coefficient (Wildman–Crippen LogP) is 6.04. The number of hydrogen-bond acceptors (Lipinski definition) is 3. The number of allylic oxidation sites excluding steroid dienone is 1. The van der Waals surface area contributed by atoms with E-state index in [1.165, 1.54) is 6.92 Å². The van der Waals surface area contributed by atoms with Gasteiger partial charge in [0.1, 0.15) is 0 Å². The number of aromatic carboxylic acids is 1. The molecule has 2 N–H and O–H groups in total. The molecule has 0 bridgehead atoms. The van der Waals surface area contributed by atoms with Gasteiger partial charge in [-0.2, -0.15) is 0 Å². The van der Waals surface area contributed by atoms with Crippen molar-refractivity contribution >= 4 is 40.1 Å². The molecule has 1 aliphatic rings. The van der Waals surface area contributed by atoms with E-state index < -0.39 is 5.97 Å². The molecule has 1 atom stereocenters. The van der Waals surface area contributed by atoms with Gasteiger partial charge in [-0.25, -0.2) is 9.78 Å². The molecule has 0 spiro atoms. The number of amides is 1. The number of carbonyl (C=O) groups excluding carboxylic acids is 1. The number of nitrogens with one attached hydrogen (secondary N) is 1. The summed E-state index contributed by atoms with van der Waals surface area (Å²) in [6.07, 6.45) is 3.62. The largest absolute Gasteiger partial charge is 0.478 e. The molecule has 5 nitrogen and oxygen atoms in total. The van der Waals surface area contributed by atoms with Gasteiger partial charge in [0, 0.05) is 18.0 Å². The van der Waals surface area contributed by atoms with Crippen LogP contribution in [0, 0.1) is 11.3 Å². The third-order valence-electron chi connectivity index (χ3n) is 6.22. The minimum Gasteiger partial charge on any atom is -0.478 e. The van der Waals surface area contributed by atoms with Crippen molar-refractivity contribution in [3.8, 4) is 0 Å². The van der Waals surface area contributed by atoms with Crippen molar-refractivity contribution in [2.45, 2.75) is 40.5 Å². The number of carboxylic acids is 1. The molecular formula is C27H28N2O3. The molecule has 0 saturated heterocycles. The second-order valence-corrected chi connectivity index (χ2v) is 9.58. The molecule has 0 saturated carbocycles. The monoisotopic (exact) mass is 428 g/mol. The van der Waals surface area contributed by atoms with E-state index >= 15 is 0 Å². The highest BCUT2D eigenvalue weighted by Gasteiger charge is 2.35. The van der Waals surface area contributed by atoms with E-state index in [0.717, 1.165) is 34.5 Å². The second-order valence-electron chi connectivity index (χ2n) is 9.58. The molecule has 1 amide bonds. The number of aromatic nitrogens is 1. The number of fused-ring (bicyclic) bond motifs is 2. The third-order valence-corrected chi connectivity index (χ3v) is 6.22. The topological polar surface area (TPSA) is 79.3 Å². The van der Waals surface area contributed by atoms with Crippen LogP contribution in [0.5, 0.6) is 0 Å². The molecule has 1 aliphatic carbocycles. The fourth-order valence-electron chi connectivity index (χ4n) is 4.45. The molecule has 1 aromatic heterocycles. The number of para-hydroxylation sites is 1. The molecule has 164 valence electrons. The van der Waals surface area contributed by atoms with Gasteiger partial charge in [-0.15, -0.1) is 0 Å². The number of benzene rings is 2. The zero-order valence-corrected chi connectivity index (χ0v) is 18.9. The summed E-state index contributed by atoms with van der Waals surface area (Å²) in [6, 6.07) is 15.1. The van der Waals surface area contributed by atoms with E-state index in [1.54, 1.807) is 0 Å². The Morgan fingerprint density at radius 2 is 1.75 bits per heavy atom. The van der Waals surface area contributed by atoms with Crippen molar-refractivity contribution in [3.63, 3.8) is 0 Å². The lowest BCUT2D eigenvalue weighted by atomic mass is 9.69. The summed E-state index contributed by atoms with van der Waals surface area (Å²) in [4.78, 5) is 28.6. The van der Waals surface area contributed by atoms with Crippen LogP contribution in [-0.4, -0.2) is 22.0 Å². The van der Waals surface area contributed by atoms with Gasteiger partial charge in [-0.3, -0.25) is 4.79 Å². The van der Waals surface area contributed by atoms with Gasteiger partial charge < -0.3 is 10.4 Å². The number of carboxylic acid groups (broad SMARTS) is 1. The van der Waals surface area contributed by atoms with Gasteiger partial charge in [0.15, 0.2) is 0 Å². The first kappa shape index (κ1) is 21.8. The van der Waals surface area contributed by atoms with Crippen LogP contribution in [0.1, 0.15) is 61.3 Å². The van der Waals surface area contributed by atoms with Crippen molar-refractivity contribution in [1.29, 1.82) is 0 Å². The Morgan fingerprint density at radius 1 is 1.06 bits per heavy atom. The average molecular weight is 429 g/mol. The molecule has 1 heterocycles. The summed E-state index contributed by atoms with van der Waals surface area (Å²) in [6.45, 7) is 8.10. The minimum atomic E-state index is -0.909. The lowest BCUT2D eigenvalue weighted by molar-refractivity contribution is -0.114. The van der Waals surface area contributed by atoms with Crippen LogP contribution in [0.4, 0.5) is 5.69 Å². The summed E-state index contributed by atoms with van der Waals surface area (Å²) in [5.41, 5.74) is 5.47. The molecule has 0 fully saturated rings. The highest BCUT2D eigenvalue weighted by atomic mass is 16.4. The molecule has 2 aromatic carbocycles. The van der Waals surface area contributed by atoms with Crippen LogP contribution < -0.4 is 5.32 Å². The number of rotatable bonds is 3. The summed E-state index contributed by atoms with van der Waals surface area (Å²) in [5, 5.41) is 13.6. The van der Waals surface area contributed by atoms with Crippen molar-refractivity contribution in [1.82, 2.24) is 4.98 Å². The molecule has 0 aliphatic heterocycles. The Balaban J connectivity index is 1.89. The number of nitrogens with zero attached hydrogens (tertiary/aromatic N) is 1. The SMILES string of the molecule is CC(=O)Nc1ccc(/C=C2/CC(C(C)(C)C)Cc3c2nc2ccccc2c3C(=O)O)cc1. The first-order valence-electron chi connectivity index (χ1n) is 10.9. The third kappa shape index (κ3) is 4.28. The highest BCUT2D eigenvalue weighted by molar-refractivity contribution is 6.06. The maximum atomic E-state index is 12.4. The molecule has 3 aromatic rings. The number of hydrogen-bond donors (Lipinski definition) is 2. The Labute approximate surface area is 188 Å². The standard InChI is InChI=1S/C27H28N2O3/c1-16(30)28-20-11-9-17(10-12-20)13-18-14-19(27(2,3)4)15-22-24(26(31)32)21-7-5-6-8-23(21)29-25(18)22/h5-13,19H,14-15H2,1-4H3,(H,28,30)(H,31,32)/b18-13-. The normalized spacial score (nSPS) is 17.2. The van der Waals surface area contributed by atoms with Gasteiger partial charge in [-0.05, 0) is 65.1 Å². The van der Waals surface area contributed by atoms with E-state index in [1.807, 2.05) is 48.5 Å². The maximum Gasteiger partial charge on any atom is 0.336 e. The lowest BCUT2D eigenvalue weighted by Crippen LogP contribution is -2.28. The zero-order valence-electron chi connectivity index (χ0n) is 18.9. The van der Waals surface area contributed by atoms with Crippen LogP contribution in [0.3, 0.4) is 0 Å². The quantitative estimate of drug-likeness (QED) is 0.533. The van der Waals surface area contributed by atoms with E-state index in [2.05, 4.69) is 32.2 Å². The van der Waals surface area contributed by atoms with Gasteiger partial charge in [0.25, 0.3) is 0 Å². The zero-order chi connectivity index (χ0) is 23.0. The average Bonchev–Trinajstić information content (AvgIpc) is 2.72. The highest BCUT2D eigenvalue weighted by Crippen LogP contribution is 2.44. The van der Waals surface area contributed by atoms with Crippen LogP contribution >= 0.6 is 0 Å². The summed E-state index contributed by atoms with van der Waals surface area (Å²) >= 11 is 0. The Kier molecular flexibility index (Phi) is 5.59. The number of anilines is 1. The first-order chi connectivity index (χ1) is 15.1. The van der Waals surface area contributed by atoms with Crippen molar-refractivity contribution in [3.05, 3.63) is 70.9 Å². The van der Waals surface area contributed by atoms with E-state index in [-0.39, 0.29) is 11.3 Å². The second kappa shape index (κ2) is 8.23. The van der Waals surface area contributed by atoms with Crippen molar-refractivity contribution < 1.29 is 14.7 Å². The van der Waals surface area contributed by atoms with Crippen molar-refractivity contribution in [2.24, 2.45) is 11.3 Å². The smallest absolute Gasteiger partial charge is 0.336 e. The van der Waals surface area contributed by atoms with Crippen LogP contribution in [0.15, 0.2) is 48.5 Å². The fourth-order valence-corrected chi connectivity index (χ4v) is 4.45. The Morgan fingerprint density at radius 3 is 2.38 bits per heavy atom. The first-order valence-corrected chi connectivity index (χ1v) is 10.9.